The monoisotopic (exact) mass is 314 g/mol. The lowest BCUT2D eigenvalue weighted by Gasteiger charge is -2.27. The van der Waals surface area contributed by atoms with Crippen molar-refractivity contribution in [3.63, 3.8) is 0 Å². The predicted molar refractivity (Wildman–Crippen MR) is 68.3 cm³/mol. The Morgan fingerprint density at radius 2 is 2.16 bits per heavy atom. The van der Waals surface area contributed by atoms with E-state index in [2.05, 4.69) is 4.98 Å². The summed E-state index contributed by atoms with van der Waals surface area (Å²) in [4.78, 5) is 16.8. The lowest BCUT2D eigenvalue weighted by Crippen LogP contribution is -2.44. The van der Waals surface area contributed by atoms with Gasteiger partial charge in [0.1, 0.15) is 11.6 Å². The average molecular weight is 315 g/mol. The molecule has 0 spiro atoms. The number of aromatic nitrogens is 1. The Morgan fingerprint density at radius 1 is 1.53 bits per heavy atom. The van der Waals surface area contributed by atoms with Crippen LogP contribution in [0, 0.1) is 0 Å². The maximum absolute atomic E-state index is 12.4. The summed E-state index contributed by atoms with van der Waals surface area (Å²) in [6.07, 6.45) is -4.53. The molecular formula is C11H14ClF3N2OS. The van der Waals surface area contributed by atoms with E-state index in [0.29, 0.717) is 10.7 Å². The topological polar surface area (TPSA) is 33.2 Å². The SMILES string of the molecule is CC(C)N(CC(F)(F)F)C(=O)Cc1nc(CCl)cs1. The molecule has 1 aromatic heterocycles. The van der Waals surface area contributed by atoms with Gasteiger partial charge in [-0.05, 0) is 13.8 Å². The highest BCUT2D eigenvalue weighted by molar-refractivity contribution is 7.09. The fraction of sp³-hybridized carbons (Fsp3) is 0.636. The Bertz CT molecular complexity index is 434. The van der Waals surface area contributed by atoms with Crippen molar-refractivity contribution in [2.75, 3.05) is 6.54 Å². The van der Waals surface area contributed by atoms with Crippen LogP contribution in [0.4, 0.5) is 13.2 Å². The minimum Gasteiger partial charge on any atom is -0.331 e. The molecule has 0 unspecified atom stereocenters. The van der Waals surface area contributed by atoms with Gasteiger partial charge in [0.25, 0.3) is 0 Å². The number of thiazole rings is 1. The van der Waals surface area contributed by atoms with E-state index < -0.39 is 24.7 Å². The molecule has 0 bridgehead atoms. The maximum Gasteiger partial charge on any atom is 0.406 e. The van der Waals surface area contributed by atoms with Gasteiger partial charge in [0.15, 0.2) is 0 Å². The highest BCUT2D eigenvalue weighted by atomic mass is 35.5. The Hall–Kier alpha value is -0.820. The molecule has 0 atom stereocenters. The van der Waals surface area contributed by atoms with Crippen molar-refractivity contribution < 1.29 is 18.0 Å². The van der Waals surface area contributed by atoms with Crippen molar-refractivity contribution >= 4 is 28.8 Å². The van der Waals surface area contributed by atoms with Crippen LogP contribution in [0.3, 0.4) is 0 Å². The van der Waals surface area contributed by atoms with Crippen LogP contribution in [0.1, 0.15) is 24.5 Å². The summed E-state index contributed by atoms with van der Waals surface area (Å²) in [6.45, 7) is 1.86. The molecule has 0 fully saturated rings. The summed E-state index contributed by atoms with van der Waals surface area (Å²) in [5.74, 6) is -0.357. The quantitative estimate of drug-likeness (QED) is 0.782. The minimum atomic E-state index is -4.40. The Balaban J connectivity index is 2.72. The Morgan fingerprint density at radius 3 is 2.58 bits per heavy atom. The third-order valence-electron chi connectivity index (χ3n) is 2.33. The summed E-state index contributed by atoms with van der Waals surface area (Å²) in [5.41, 5.74) is 0.626. The molecule has 0 N–H and O–H groups in total. The molecule has 1 amide bonds. The molecular weight excluding hydrogens is 301 g/mol. The summed E-state index contributed by atoms with van der Waals surface area (Å²) in [7, 11) is 0. The number of halogens is 4. The first-order valence-corrected chi connectivity index (χ1v) is 7.00. The van der Waals surface area contributed by atoms with Gasteiger partial charge in [-0.2, -0.15) is 13.2 Å². The predicted octanol–water partition coefficient (Wildman–Crippen LogP) is 3.22. The van der Waals surface area contributed by atoms with Crippen molar-refractivity contribution in [1.29, 1.82) is 0 Å². The normalized spacial score (nSPS) is 11.9. The van der Waals surface area contributed by atoms with Crippen molar-refractivity contribution in [1.82, 2.24) is 9.88 Å². The second-order valence-corrected chi connectivity index (χ2v) is 5.48. The lowest BCUT2D eigenvalue weighted by atomic mass is 10.2. The Labute approximate surface area is 118 Å². The molecule has 0 aromatic carbocycles. The number of amides is 1. The smallest absolute Gasteiger partial charge is 0.331 e. The summed E-state index contributed by atoms with van der Waals surface area (Å²) in [6, 6.07) is -0.512. The minimum absolute atomic E-state index is 0.129. The first-order valence-electron chi connectivity index (χ1n) is 5.58. The summed E-state index contributed by atoms with van der Waals surface area (Å²) >= 11 is 6.80. The van der Waals surface area contributed by atoms with Gasteiger partial charge in [-0.3, -0.25) is 4.79 Å². The number of rotatable bonds is 5. The van der Waals surface area contributed by atoms with Gasteiger partial charge in [0, 0.05) is 11.4 Å². The van der Waals surface area contributed by atoms with Crippen molar-refractivity contribution in [3.05, 3.63) is 16.1 Å². The van der Waals surface area contributed by atoms with Crippen LogP contribution in [0.15, 0.2) is 5.38 Å². The van der Waals surface area contributed by atoms with Crippen LogP contribution >= 0.6 is 22.9 Å². The second kappa shape index (κ2) is 6.56. The van der Waals surface area contributed by atoms with Crippen LogP contribution in [0.5, 0.6) is 0 Å². The molecule has 3 nitrogen and oxygen atoms in total. The van der Waals surface area contributed by atoms with E-state index in [1.54, 1.807) is 19.2 Å². The van der Waals surface area contributed by atoms with E-state index in [1.165, 1.54) is 11.3 Å². The number of nitrogens with zero attached hydrogens (tertiary/aromatic N) is 2. The molecule has 8 heteroatoms. The molecule has 0 saturated heterocycles. The fourth-order valence-electron chi connectivity index (χ4n) is 1.47. The van der Waals surface area contributed by atoms with Gasteiger partial charge < -0.3 is 4.90 Å². The van der Waals surface area contributed by atoms with E-state index in [9.17, 15) is 18.0 Å². The van der Waals surface area contributed by atoms with Gasteiger partial charge in [-0.15, -0.1) is 22.9 Å². The van der Waals surface area contributed by atoms with E-state index >= 15 is 0 Å². The summed E-state index contributed by atoms with van der Waals surface area (Å²) in [5, 5.41) is 2.17. The number of carbonyl (C=O) groups excluding carboxylic acids is 1. The molecule has 0 aliphatic carbocycles. The molecule has 1 rings (SSSR count). The first-order chi connectivity index (χ1) is 8.73. The van der Waals surface area contributed by atoms with Crippen molar-refractivity contribution in [2.24, 2.45) is 0 Å². The van der Waals surface area contributed by atoms with Crippen molar-refractivity contribution in [3.8, 4) is 0 Å². The first kappa shape index (κ1) is 16.2. The molecule has 1 heterocycles. The van der Waals surface area contributed by atoms with E-state index in [1.807, 2.05) is 0 Å². The molecule has 0 saturated carbocycles. The second-order valence-electron chi connectivity index (χ2n) is 4.27. The zero-order chi connectivity index (χ0) is 14.6. The summed E-state index contributed by atoms with van der Waals surface area (Å²) < 4.78 is 37.2. The van der Waals surface area contributed by atoms with Crippen LogP contribution < -0.4 is 0 Å². The third kappa shape index (κ3) is 5.36. The standard InChI is InChI=1S/C11H14ClF3N2OS/c1-7(2)17(6-11(13,14)15)10(18)3-9-16-8(4-12)5-19-9/h5,7H,3-4,6H2,1-2H3. The molecule has 108 valence electrons. The maximum atomic E-state index is 12.4. The van der Waals surface area contributed by atoms with Gasteiger partial charge in [-0.25, -0.2) is 4.98 Å². The van der Waals surface area contributed by atoms with E-state index in [-0.39, 0.29) is 12.3 Å². The molecule has 0 aliphatic rings. The largest absolute Gasteiger partial charge is 0.406 e. The van der Waals surface area contributed by atoms with Crippen LogP contribution in [-0.4, -0.2) is 34.6 Å². The number of hydrogen-bond donors (Lipinski definition) is 0. The number of carbonyl (C=O) groups is 1. The highest BCUT2D eigenvalue weighted by Gasteiger charge is 2.34. The van der Waals surface area contributed by atoms with Gasteiger partial charge in [0.2, 0.25) is 5.91 Å². The van der Waals surface area contributed by atoms with Crippen molar-refractivity contribution in [2.45, 2.75) is 38.4 Å². The van der Waals surface area contributed by atoms with Gasteiger partial charge in [0.05, 0.1) is 18.0 Å². The lowest BCUT2D eigenvalue weighted by molar-refractivity contribution is -0.164. The number of hydrogen-bond acceptors (Lipinski definition) is 3. The third-order valence-corrected chi connectivity index (χ3v) is 3.50. The number of alkyl halides is 4. The molecule has 19 heavy (non-hydrogen) atoms. The highest BCUT2D eigenvalue weighted by Crippen LogP contribution is 2.20. The van der Waals surface area contributed by atoms with Crippen LogP contribution in [0.25, 0.3) is 0 Å². The molecule has 1 aromatic rings. The Kier molecular flexibility index (Phi) is 5.61. The zero-order valence-electron chi connectivity index (χ0n) is 10.5. The van der Waals surface area contributed by atoms with E-state index in [0.717, 1.165) is 4.90 Å². The molecule has 0 radical (unpaired) electrons. The van der Waals surface area contributed by atoms with E-state index in [4.69, 9.17) is 11.6 Å². The molecule has 0 aliphatic heterocycles. The fourth-order valence-corrected chi connectivity index (χ4v) is 2.49. The zero-order valence-corrected chi connectivity index (χ0v) is 12.1. The van der Waals surface area contributed by atoms with Crippen LogP contribution in [0.2, 0.25) is 0 Å². The van der Waals surface area contributed by atoms with Crippen LogP contribution in [-0.2, 0) is 17.1 Å². The van der Waals surface area contributed by atoms with Gasteiger partial charge >= 0.3 is 6.18 Å². The average Bonchev–Trinajstić information content (AvgIpc) is 2.72. The van der Waals surface area contributed by atoms with Gasteiger partial charge in [-0.1, -0.05) is 0 Å².